The molecule has 0 amide bonds. The van der Waals surface area contributed by atoms with Gasteiger partial charge in [0.15, 0.2) is 0 Å². The molecule has 0 saturated heterocycles. The van der Waals surface area contributed by atoms with Crippen LogP contribution in [-0.4, -0.2) is 11.9 Å². The van der Waals surface area contributed by atoms with E-state index in [4.69, 9.17) is 9.47 Å². The number of hydrogen-bond acceptors (Lipinski definition) is 4. The van der Waals surface area contributed by atoms with Crippen molar-refractivity contribution in [1.29, 1.82) is 0 Å². The van der Waals surface area contributed by atoms with Gasteiger partial charge in [-0.2, -0.15) is 0 Å². The van der Waals surface area contributed by atoms with Crippen LogP contribution in [0.25, 0.3) is 0 Å². The van der Waals surface area contributed by atoms with Crippen LogP contribution < -0.4 is 9.47 Å². The van der Waals surface area contributed by atoms with Gasteiger partial charge < -0.3 is 9.47 Å². The van der Waals surface area contributed by atoms with Crippen molar-refractivity contribution < 1.29 is 19.1 Å². The largest absolute Gasteiger partial charge is 0.427 e. The van der Waals surface area contributed by atoms with Crippen molar-refractivity contribution in [1.82, 2.24) is 0 Å². The molecule has 0 aliphatic heterocycles. The van der Waals surface area contributed by atoms with Gasteiger partial charge in [0.1, 0.15) is 11.5 Å². The molecule has 0 spiro atoms. The molecule has 2 aromatic rings. The second-order valence-corrected chi connectivity index (χ2v) is 6.90. The Kier molecular flexibility index (Phi) is 6.96. The lowest BCUT2D eigenvalue weighted by molar-refractivity contribution is -0.140. The summed E-state index contributed by atoms with van der Waals surface area (Å²) in [7, 11) is 0. The average molecular weight is 354 g/mol. The summed E-state index contributed by atoms with van der Waals surface area (Å²) in [6, 6.07) is 14.8. The molecule has 0 saturated carbocycles. The Hall–Kier alpha value is -2.62. The van der Waals surface area contributed by atoms with Crippen molar-refractivity contribution in [2.24, 2.45) is 0 Å². The molecule has 0 radical (unpaired) electrons. The maximum Gasteiger partial charge on any atom is 0.311 e. The third-order valence-electron chi connectivity index (χ3n) is 4.09. The molecule has 0 bridgehead atoms. The number of ether oxygens (including phenoxy) is 2. The zero-order valence-electron chi connectivity index (χ0n) is 15.8. The summed E-state index contributed by atoms with van der Waals surface area (Å²) in [4.78, 5) is 23.8. The summed E-state index contributed by atoms with van der Waals surface area (Å²) in [6.07, 6.45) is -0.0380. The highest BCUT2D eigenvalue weighted by Gasteiger charge is 2.11. The minimum absolute atomic E-state index is 0.0190. The normalized spacial score (nSPS) is 10.8. The predicted molar refractivity (Wildman–Crippen MR) is 102 cm³/mol. The average Bonchev–Trinajstić information content (AvgIpc) is 2.61. The minimum atomic E-state index is -0.450. The van der Waals surface area contributed by atoms with Gasteiger partial charge >= 0.3 is 11.9 Å². The highest BCUT2D eigenvalue weighted by molar-refractivity contribution is 5.80. The van der Waals surface area contributed by atoms with Crippen LogP contribution in [0.2, 0.25) is 0 Å². The van der Waals surface area contributed by atoms with Gasteiger partial charge in [-0.25, -0.2) is 0 Å². The zero-order valence-corrected chi connectivity index (χ0v) is 15.8. The van der Waals surface area contributed by atoms with Crippen LogP contribution in [-0.2, 0) is 9.59 Å². The van der Waals surface area contributed by atoms with Crippen molar-refractivity contribution in [3.8, 4) is 11.5 Å². The van der Waals surface area contributed by atoms with E-state index in [0.29, 0.717) is 23.3 Å². The molecular formula is C22H26O4. The van der Waals surface area contributed by atoms with Crippen LogP contribution in [0.3, 0.4) is 0 Å². The first kappa shape index (κ1) is 19.7. The molecule has 2 rings (SSSR count). The fourth-order valence-electron chi connectivity index (χ4n) is 2.41. The highest BCUT2D eigenvalue weighted by Crippen LogP contribution is 2.20. The van der Waals surface area contributed by atoms with E-state index in [0.717, 1.165) is 0 Å². The molecule has 0 unspecified atom stereocenters. The third kappa shape index (κ3) is 6.03. The Morgan fingerprint density at radius 1 is 0.654 bits per heavy atom. The molecule has 138 valence electrons. The Bertz CT molecular complexity index is 662. The first-order valence-electron chi connectivity index (χ1n) is 8.96. The quantitative estimate of drug-likeness (QED) is 0.505. The van der Waals surface area contributed by atoms with Crippen molar-refractivity contribution in [3.05, 3.63) is 59.7 Å². The third-order valence-corrected chi connectivity index (χ3v) is 4.09. The lowest BCUT2D eigenvalue weighted by atomic mass is 10.0. The van der Waals surface area contributed by atoms with Gasteiger partial charge in [-0.1, -0.05) is 52.0 Å². The van der Waals surface area contributed by atoms with E-state index in [1.807, 2.05) is 24.3 Å². The molecule has 0 aliphatic rings. The fraction of sp³-hybridized carbons (Fsp3) is 0.364. The molecule has 2 aromatic carbocycles. The van der Waals surface area contributed by atoms with Crippen molar-refractivity contribution >= 4 is 11.9 Å². The highest BCUT2D eigenvalue weighted by atomic mass is 16.5. The molecule has 0 fully saturated rings. The van der Waals surface area contributed by atoms with E-state index in [1.165, 1.54) is 11.1 Å². The van der Waals surface area contributed by atoms with Gasteiger partial charge in [-0.3, -0.25) is 9.59 Å². The van der Waals surface area contributed by atoms with Crippen LogP contribution >= 0.6 is 0 Å². The summed E-state index contributed by atoms with van der Waals surface area (Å²) < 4.78 is 10.5. The van der Waals surface area contributed by atoms with Crippen LogP contribution in [0, 0.1) is 0 Å². The number of hydrogen-bond donors (Lipinski definition) is 0. The summed E-state index contributed by atoms with van der Waals surface area (Å²) in [5.74, 6) is 0.908. The topological polar surface area (TPSA) is 52.6 Å². The molecule has 0 aliphatic carbocycles. The van der Waals surface area contributed by atoms with E-state index in [-0.39, 0.29) is 12.8 Å². The zero-order chi connectivity index (χ0) is 19.1. The second-order valence-electron chi connectivity index (χ2n) is 6.90. The molecule has 0 aromatic heterocycles. The minimum Gasteiger partial charge on any atom is -0.427 e. The van der Waals surface area contributed by atoms with Crippen LogP contribution in [0.1, 0.15) is 63.5 Å². The lowest BCUT2D eigenvalue weighted by Gasteiger charge is -2.08. The van der Waals surface area contributed by atoms with Gasteiger partial charge in [-0.05, 0) is 47.2 Å². The van der Waals surface area contributed by atoms with E-state index >= 15 is 0 Å². The van der Waals surface area contributed by atoms with Gasteiger partial charge in [0.05, 0.1) is 12.8 Å². The maximum absolute atomic E-state index is 11.9. The first-order valence-corrected chi connectivity index (χ1v) is 8.96. The van der Waals surface area contributed by atoms with E-state index in [9.17, 15) is 9.59 Å². The van der Waals surface area contributed by atoms with Crippen LogP contribution in [0.5, 0.6) is 11.5 Å². The van der Waals surface area contributed by atoms with Gasteiger partial charge in [0, 0.05) is 0 Å². The molecule has 0 heterocycles. The lowest BCUT2D eigenvalue weighted by Crippen LogP contribution is -2.14. The molecular weight excluding hydrogens is 328 g/mol. The number of benzene rings is 2. The Morgan fingerprint density at radius 3 is 1.23 bits per heavy atom. The summed E-state index contributed by atoms with van der Waals surface area (Å²) in [5, 5.41) is 0. The molecule has 26 heavy (non-hydrogen) atoms. The van der Waals surface area contributed by atoms with Crippen molar-refractivity contribution in [2.75, 3.05) is 0 Å². The summed E-state index contributed by atoms with van der Waals surface area (Å²) in [6.45, 7) is 8.40. The molecule has 0 N–H and O–H groups in total. The second kappa shape index (κ2) is 9.18. The predicted octanol–water partition coefficient (Wildman–Crippen LogP) is 5.22. The first-order chi connectivity index (χ1) is 12.3. The standard InChI is InChI=1S/C22H26O4/c1-15(2)17-5-9-19(10-6-17)25-21(23)13-14-22(24)26-20-11-7-18(8-12-20)16(3)4/h5-12,15-16H,13-14H2,1-4H3. The van der Waals surface area contributed by atoms with Gasteiger partial charge in [0.2, 0.25) is 0 Å². The summed E-state index contributed by atoms with van der Waals surface area (Å²) >= 11 is 0. The number of esters is 2. The SMILES string of the molecule is CC(C)c1ccc(OC(=O)CCC(=O)Oc2ccc(C(C)C)cc2)cc1. The molecule has 0 atom stereocenters. The van der Waals surface area contributed by atoms with Crippen molar-refractivity contribution in [2.45, 2.75) is 52.4 Å². The smallest absolute Gasteiger partial charge is 0.311 e. The van der Waals surface area contributed by atoms with Crippen molar-refractivity contribution in [3.63, 3.8) is 0 Å². The Morgan fingerprint density at radius 2 is 0.962 bits per heavy atom. The van der Waals surface area contributed by atoms with E-state index in [2.05, 4.69) is 27.7 Å². The monoisotopic (exact) mass is 354 g/mol. The van der Waals surface area contributed by atoms with Gasteiger partial charge in [-0.15, -0.1) is 0 Å². The fourth-order valence-corrected chi connectivity index (χ4v) is 2.41. The van der Waals surface area contributed by atoms with Crippen LogP contribution in [0.4, 0.5) is 0 Å². The number of rotatable bonds is 7. The number of carbonyl (C=O) groups excluding carboxylic acids is 2. The maximum atomic E-state index is 11.9. The van der Waals surface area contributed by atoms with E-state index in [1.54, 1.807) is 24.3 Å². The molecule has 4 nitrogen and oxygen atoms in total. The van der Waals surface area contributed by atoms with Gasteiger partial charge in [0.25, 0.3) is 0 Å². The summed E-state index contributed by atoms with van der Waals surface area (Å²) in [5.41, 5.74) is 2.36. The van der Waals surface area contributed by atoms with E-state index < -0.39 is 11.9 Å². The molecule has 4 heteroatoms. The Labute approximate surface area is 155 Å². The van der Waals surface area contributed by atoms with Crippen LogP contribution in [0.15, 0.2) is 48.5 Å². The Balaban J connectivity index is 1.78. The number of carbonyl (C=O) groups is 2.